The number of urea groups is 1. The highest BCUT2D eigenvalue weighted by Crippen LogP contribution is 2.39. The maximum absolute atomic E-state index is 12.9. The number of hydrogen-bond acceptors (Lipinski definition) is 3. The summed E-state index contributed by atoms with van der Waals surface area (Å²) in [6.45, 7) is 3.67. The van der Waals surface area contributed by atoms with E-state index in [1.54, 1.807) is 18.0 Å². The molecule has 2 fully saturated rings. The van der Waals surface area contributed by atoms with Crippen molar-refractivity contribution < 1.29 is 14.4 Å². The highest BCUT2D eigenvalue weighted by atomic mass is 16.2. The van der Waals surface area contributed by atoms with E-state index in [9.17, 15) is 14.4 Å². The van der Waals surface area contributed by atoms with E-state index < -0.39 is 5.54 Å². The van der Waals surface area contributed by atoms with Crippen LogP contribution in [0, 0.1) is 13.8 Å². The molecule has 0 N–H and O–H groups in total. The van der Waals surface area contributed by atoms with Gasteiger partial charge in [0, 0.05) is 12.6 Å². The summed E-state index contributed by atoms with van der Waals surface area (Å²) in [5.74, 6) is -0.386. The van der Waals surface area contributed by atoms with Gasteiger partial charge in [-0.3, -0.25) is 14.5 Å². The predicted molar refractivity (Wildman–Crippen MR) is 90.9 cm³/mol. The molecular weight excluding hydrogens is 304 g/mol. The molecule has 5 heteroatoms. The van der Waals surface area contributed by atoms with Crippen LogP contribution >= 0.6 is 0 Å². The Hall–Kier alpha value is -2.17. The number of imide groups is 1. The lowest BCUT2D eigenvalue weighted by Crippen LogP contribution is -2.49. The van der Waals surface area contributed by atoms with Crippen molar-refractivity contribution in [1.29, 1.82) is 0 Å². The third-order valence-electron chi connectivity index (χ3n) is 5.47. The van der Waals surface area contributed by atoms with E-state index in [4.69, 9.17) is 0 Å². The molecule has 128 valence electrons. The van der Waals surface area contributed by atoms with Crippen molar-refractivity contribution in [2.24, 2.45) is 0 Å². The molecule has 3 rings (SSSR count). The molecule has 0 radical (unpaired) electrons. The Bertz CT molecular complexity index is 705. The standard InChI is InChI=1S/C19H24N2O3/c1-13-7-8-15(14(2)11-13)16(22)12-21-17(23)19(20(3)18(21)24)9-5-4-6-10-19/h7-8,11H,4-6,9-10,12H2,1-3H3. The maximum Gasteiger partial charge on any atom is 0.327 e. The molecule has 0 bridgehead atoms. The molecule has 3 amide bonds. The summed E-state index contributed by atoms with van der Waals surface area (Å²) in [6, 6.07) is 5.25. The van der Waals surface area contributed by atoms with Crippen molar-refractivity contribution in [2.75, 3.05) is 13.6 Å². The van der Waals surface area contributed by atoms with Gasteiger partial charge in [0.05, 0.1) is 6.54 Å². The van der Waals surface area contributed by atoms with Crippen LogP contribution in [0.15, 0.2) is 18.2 Å². The van der Waals surface area contributed by atoms with Crippen LogP contribution in [0.3, 0.4) is 0 Å². The fourth-order valence-electron chi connectivity index (χ4n) is 4.03. The number of amides is 3. The topological polar surface area (TPSA) is 57.7 Å². The van der Waals surface area contributed by atoms with Gasteiger partial charge in [-0.05, 0) is 32.3 Å². The summed E-state index contributed by atoms with van der Waals surface area (Å²) < 4.78 is 0. The Labute approximate surface area is 142 Å². The lowest BCUT2D eigenvalue weighted by molar-refractivity contribution is -0.134. The number of rotatable bonds is 3. The largest absolute Gasteiger partial charge is 0.327 e. The average Bonchev–Trinajstić information content (AvgIpc) is 2.72. The summed E-state index contributed by atoms with van der Waals surface area (Å²) in [7, 11) is 1.69. The van der Waals surface area contributed by atoms with Gasteiger partial charge in [-0.25, -0.2) is 4.79 Å². The lowest BCUT2D eigenvalue weighted by atomic mass is 9.80. The Morgan fingerprint density at radius 1 is 1.12 bits per heavy atom. The molecule has 1 aromatic carbocycles. The van der Waals surface area contributed by atoms with E-state index in [1.807, 2.05) is 26.0 Å². The van der Waals surface area contributed by atoms with Gasteiger partial charge in [-0.2, -0.15) is 0 Å². The first-order valence-electron chi connectivity index (χ1n) is 8.57. The van der Waals surface area contributed by atoms with Crippen LogP contribution in [-0.2, 0) is 4.79 Å². The molecule has 0 aromatic heterocycles. The molecule has 1 aliphatic heterocycles. The highest BCUT2D eigenvalue weighted by molar-refractivity contribution is 6.11. The third-order valence-corrected chi connectivity index (χ3v) is 5.47. The Balaban J connectivity index is 1.83. The van der Waals surface area contributed by atoms with Crippen molar-refractivity contribution in [2.45, 2.75) is 51.5 Å². The van der Waals surface area contributed by atoms with Crippen molar-refractivity contribution in [3.8, 4) is 0 Å². The lowest BCUT2D eigenvalue weighted by Gasteiger charge is -2.35. The number of Topliss-reactive ketones (excluding diaryl/α,β-unsaturated/α-hetero) is 1. The van der Waals surface area contributed by atoms with E-state index in [0.717, 1.165) is 35.3 Å². The van der Waals surface area contributed by atoms with E-state index >= 15 is 0 Å². The first-order chi connectivity index (χ1) is 11.4. The Morgan fingerprint density at radius 2 is 1.79 bits per heavy atom. The van der Waals surface area contributed by atoms with Crippen molar-refractivity contribution in [3.05, 3.63) is 34.9 Å². The van der Waals surface area contributed by atoms with Crippen molar-refractivity contribution in [3.63, 3.8) is 0 Å². The van der Waals surface area contributed by atoms with Gasteiger partial charge in [-0.1, -0.05) is 43.0 Å². The minimum atomic E-state index is -0.724. The molecule has 1 saturated carbocycles. The van der Waals surface area contributed by atoms with Crippen LogP contribution in [0.25, 0.3) is 0 Å². The average molecular weight is 328 g/mol. The van der Waals surface area contributed by atoms with Gasteiger partial charge in [0.2, 0.25) is 0 Å². The van der Waals surface area contributed by atoms with Crippen molar-refractivity contribution >= 4 is 17.7 Å². The zero-order valence-electron chi connectivity index (χ0n) is 14.6. The number of nitrogens with zero attached hydrogens (tertiary/aromatic N) is 2. The quantitative estimate of drug-likeness (QED) is 0.633. The van der Waals surface area contributed by atoms with Crippen LogP contribution in [0.5, 0.6) is 0 Å². The maximum atomic E-state index is 12.9. The summed E-state index contributed by atoms with van der Waals surface area (Å²) in [5.41, 5.74) is 1.81. The van der Waals surface area contributed by atoms with Crippen LogP contribution in [0.4, 0.5) is 4.79 Å². The number of ketones is 1. The zero-order chi connectivity index (χ0) is 17.5. The molecule has 0 atom stereocenters. The summed E-state index contributed by atoms with van der Waals surface area (Å²) in [5, 5.41) is 0. The summed E-state index contributed by atoms with van der Waals surface area (Å²) in [6.07, 6.45) is 4.38. The minimum absolute atomic E-state index is 0.173. The molecule has 0 unspecified atom stereocenters. The van der Waals surface area contributed by atoms with E-state index in [-0.39, 0.29) is 24.3 Å². The first-order valence-corrected chi connectivity index (χ1v) is 8.57. The number of aryl methyl sites for hydroxylation is 2. The molecule has 5 nitrogen and oxygen atoms in total. The second-order valence-corrected chi connectivity index (χ2v) is 7.07. The van der Waals surface area contributed by atoms with Gasteiger partial charge in [0.15, 0.2) is 5.78 Å². The summed E-state index contributed by atoms with van der Waals surface area (Å²) in [4.78, 5) is 40.8. The second kappa shape index (κ2) is 6.04. The Kier molecular flexibility index (Phi) is 4.20. The first kappa shape index (κ1) is 16.7. The minimum Gasteiger partial charge on any atom is -0.313 e. The molecule has 1 aliphatic carbocycles. The third kappa shape index (κ3) is 2.52. The number of carbonyl (C=O) groups is 3. The van der Waals surface area contributed by atoms with Crippen LogP contribution in [0.2, 0.25) is 0 Å². The fraction of sp³-hybridized carbons (Fsp3) is 0.526. The normalized spacial score (nSPS) is 20.1. The van der Waals surface area contributed by atoms with Crippen LogP contribution in [0.1, 0.15) is 53.6 Å². The molecular formula is C19H24N2O3. The van der Waals surface area contributed by atoms with Gasteiger partial charge in [-0.15, -0.1) is 0 Å². The Morgan fingerprint density at radius 3 is 2.42 bits per heavy atom. The molecule has 2 aliphatic rings. The number of carbonyl (C=O) groups excluding carboxylic acids is 3. The van der Waals surface area contributed by atoms with E-state index in [0.29, 0.717) is 18.4 Å². The summed E-state index contributed by atoms with van der Waals surface area (Å²) >= 11 is 0. The molecule has 24 heavy (non-hydrogen) atoms. The molecule has 1 spiro atoms. The van der Waals surface area contributed by atoms with Crippen LogP contribution in [-0.4, -0.2) is 46.7 Å². The highest BCUT2D eigenvalue weighted by Gasteiger charge is 2.55. The van der Waals surface area contributed by atoms with Crippen molar-refractivity contribution in [1.82, 2.24) is 9.80 Å². The number of benzene rings is 1. The number of likely N-dealkylation sites (N-methyl/N-ethyl adjacent to an activating group) is 1. The predicted octanol–water partition coefficient (Wildman–Crippen LogP) is 3.08. The van der Waals surface area contributed by atoms with E-state index in [2.05, 4.69) is 0 Å². The van der Waals surface area contributed by atoms with Gasteiger partial charge >= 0.3 is 6.03 Å². The van der Waals surface area contributed by atoms with Gasteiger partial charge in [0.1, 0.15) is 5.54 Å². The van der Waals surface area contributed by atoms with Crippen LogP contribution < -0.4 is 0 Å². The number of hydrogen-bond donors (Lipinski definition) is 0. The smallest absolute Gasteiger partial charge is 0.313 e. The molecule has 1 heterocycles. The van der Waals surface area contributed by atoms with Gasteiger partial charge < -0.3 is 4.90 Å². The zero-order valence-corrected chi connectivity index (χ0v) is 14.6. The molecule has 1 aromatic rings. The monoisotopic (exact) mass is 328 g/mol. The fourth-order valence-corrected chi connectivity index (χ4v) is 4.03. The second-order valence-electron chi connectivity index (χ2n) is 7.07. The van der Waals surface area contributed by atoms with Gasteiger partial charge in [0.25, 0.3) is 5.91 Å². The SMILES string of the molecule is Cc1ccc(C(=O)CN2C(=O)N(C)C3(CCCCC3)C2=O)c(C)c1. The van der Waals surface area contributed by atoms with E-state index in [1.165, 1.54) is 0 Å². The molecule has 1 saturated heterocycles.